The van der Waals surface area contributed by atoms with Crippen LogP contribution in [0.15, 0.2) is 66.9 Å². The van der Waals surface area contributed by atoms with Crippen LogP contribution < -0.4 is 5.32 Å². The molecule has 0 fully saturated rings. The quantitative estimate of drug-likeness (QED) is 0.676. The van der Waals surface area contributed by atoms with Crippen LogP contribution in [-0.4, -0.2) is 15.8 Å². The molecule has 4 nitrogen and oxygen atoms in total. The summed E-state index contributed by atoms with van der Waals surface area (Å²) in [5, 5.41) is 4.31. The van der Waals surface area contributed by atoms with Gasteiger partial charge in [0.05, 0.1) is 21.3 Å². The number of carbonyl (C=O) groups is 1. The molecule has 1 atom stereocenters. The molecule has 0 aliphatic carbocycles. The van der Waals surface area contributed by atoms with Gasteiger partial charge in [0.2, 0.25) is 0 Å². The number of amides is 1. The van der Waals surface area contributed by atoms with E-state index in [2.05, 4.69) is 10.3 Å². The fourth-order valence-corrected chi connectivity index (χ4v) is 3.37. The first-order valence-corrected chi connectivity index (χ1v) is 8.90. The van der Waals surface area contributed by atoms with Crippen molar-refractivity contribution in [3.8, 4) is 0 Å². The summed E-state index contributed by atoms with van der Waals surface area (Å²) in [6.45, 7) is 0.481. The number of hydrogen-bond donors (Lipinski definition) is 1. The highest BCUT2D eigenvalue weighted by atomic mass is 35.5. The van der Waals surface area contributed by atoms with Crippen LogP contribution in [-0.2, 0) is 6.54 Å². The van der Waals surface area contributed by atoms with Gasteiger partial charge in [0.15, 0.2) is 0 Å². The van der Waals surface area contributed by atoms with E-state index in [9.17, 15) is 4.79 Å². The van der Waals surface area contributed by atoms with Gasteiger partial charge < -0.3 is 10.2 Å². The topological polar surface area (TPSA) is 45.2 Å². The summed E-state index contributed by atoms with van der Waals surface area (Å²) in [4.78, 5) is 19.1. The molecule has 130 valence electrons. The van der Waals surface area contributed by atoms with Gasteiger partial charge in [-0.25, -0.2) is 0 Å². The highest BCUT2D eigenvalue weighted by Crippen LogP contribution is 2.35. The lowest BCUT2D eigenvalue weighted by molar-refractivity contribution is 0.0728. The van der Waals surface area contributed by atoms with E-state index < -0.39 is 0 Å². The molecule has 1 aliphatic heterocycles. The molecule has 0 spiro atoms. The monoisotopic (exact) mass is 383 g/mol. The number of fused-ring (bicyclic) bond motifs is 1. The van der Waals surface area contributed by atoms with Crippen LogP contribution in [0.4, 0.5) is 5.69 Å². The zero-order valence-corrected chi connectivity index (χ0v) is 15.2. The minimum Gasteiger partial charge on any atom is -0.360 e. The number of nitrogens with one attached hydrogen (secondary N) is 1. The molecule has 0 bridgehead atoms. The van der Waals surface area contributed by atoms with Gasteiger partial charge in [0, 0.05) is 18.4 Å². The highest BCUT2D eigenvalue weighted by Gasteiger charge is 2.37. The van der Waals surface area contributed by atoms with E-state index >= 15 is 0 Å². The minimum absolute atomic E-state index is 0.0467. The van der Waals surface area contributed by atoms with E-state index in [0.717, 1.165) is 11.3 Å². The maximum Gasteiger partial charge on any atom is 0.258 e. The second-order valence-electron chi connectivity index (χ2n) is 6.03. The Labute approximate surface area is 161 Å². The number of aromatic nitrogens is 1. The zero-order valence-electron chi connectivity index (χ0n) is 13.7. The minimum atomic E-state index is -0.379. The lowest BCUT2D eigenvalue weighted by Gasteiger charge is -2.26. The van der Waals surface area contributed by atoms with Crippen molar-refractivity contribution < 1.29 is 4.79 Å². The molecule has 0 saturated heterocycles. The second kappa shape index (κ2) is 6.98. The molecular weight excluding hydrogens is 369 g/mol. The van der Waals surface area contributed by atoms with E-state index in [4.69, 9.17) is 23.2 Å². The smallest absolute Gasteiger partial charge is 0.258 e. The molecular formula is C20H15Cl2N3O. The van der Waals surface area contributed by atoms with E-state index in [1.165, 1.54) is 0 Å². The summed E-state index contributed by atoms with van der Waals surface area (Å²) in [5.74, 6) is -0.0467. The van der Waals surface area contributed by atoms with E-state index in [1.54, 1.807) is 35.4 Å². The number of benzene rings is 2. The third-order valence-corrected chi connectivity index (χ3v) is 5.06. The Morgan fingerprint density at radius 2 is 1.81 bits per heavy atom. The van der Waals surface area contributed by atoms with Gasteiger partial charge in [-0.3, -0.25) is 9.78 Å². The molecule has 26 heavy (non-hydrogen) atoms. The second-order valence-corrected chi connectivity index (χ2v) is 6.85. The Morgan fingerprint density at radius 1 is 1.00 bits per heavy atom. The van der Waals surface area contributed by atoms with Crippen molar-refractivity contribution in [3.63, 3.8) is 0 Å². The van der Waals surface area contributed by atoms with Gasteiger partial charge in [-0.2, -0.15) is 0 Å². The first kappa shape index (κ1) is 16.9. The SMILES string of the molecule is O=C1c2cccnc2[C@@H](Nc2ccc(Cl)c(Cl)c2)N1Cc1ccccc1. The Hall–Kier alpha value is -2.56. The Balaban J connectivity index is 1.69. The highest BCUT2D eigenvalue weighted by molar-refractivity contribution is 6.42. The summed E-state index contributed by atoms with van der Waals surface area (Å²) in [7, 11) is 0. The van der Waals surface area contributed by atoms with Gasteiger partial charge in [-0.15, -0.1) is 0 Å². The zero-order chi connectivity index (χ0) is 18.1. The lowest BCUT2D eigenvalue weighted by atomic mass is 10.2. The Morgan fingerprint density at radius 3 is 2.58 bits per heavy atom. The summed E-state index contributed by atoms with van der Waals surface area (Å²) in [5.41, 5.74) is 3.14. The van der Waals surface area contributed by atoms with Crippen LogP contribution >= 0.6 is 23.2 Å². The number of pyridine rings is 1. The van der Waals surface area contributed by atoms with Crippen LogP contribution in [0, 0.1) is 0 Å². The number of nitrogens with zero attached hydrogens (tertiary/aromatic N) is 2. The van der Waals surface area contributed by atoms with Crippen molar-refractivity contribution in [2.24, 2.45) is 0 Å². The number of halogens is 2. The molecule has 2 heterocycles. The van der Waals surface area contributed by atoms with Crippen LogP contribution in [0.5, 0.6) is 0 Å². The third kappa shape index (κ3) is 3.14. The van der Waals surface area contributed by atoms with E-state index in [0.29, 0.717) is 27.8 Å². The third-order valence-electron chi connectivity index (χ3n) is 4.32. The maximum atomic E-state index is 12.9. The van der Waals surface area contributed by atoms with Crippen molar-refractivity contribution in [3.05, 3.63) is 93.7 Å². The molecule has 0 radical (unpaired) electrons. The molecule has 0 unspecified atom stereocenters. The van der Waals surface area contributed by atoms with Crippen LogP contribution in [0.1, 0.15) is 27.8 Å². The molecule has 3 aromatic rings. The molecule has 0 saturated carbocycles. The van der Waals surface area contributed by atoms with Crippen molar-refractivity contribution in [1.82, 2.24) is 9.88 Å². The number of rotatable bonds is 4. The van der Waals surface area contributed by atoms with E-state index in [-0.39, 0.29) is 12.1 Å². The van der Waals surface area contributed by atoms with E-state index in [1.807, 2.05) is 36.4 Å². The number of anilines is 1. The summed E-state index contributed by atoms with van der Waals surface area (Å²) in [6.07, 6.45) is 1.32. The first-order valence-electron chi connectivity index (χ1n) is 8.15. The van der Waals surface area contributed by atoms with Crippen molar-refractivity contribution in [2.45, 2.75) is 12.7 Å². The molecule has 1 N–H and O–H groups in total. The van der Waals surface area contributed by atoms with Crippen LogP contribution in [0.25, 0.3) is 0 Å². The predicted molar refractivity (Wildman–Crippen MR) is 103 cm³/mol. The van der Waals surface area contributed by atoms with Gasteiger partial charge >= 0.3 is 0 Å². The molecule has 2 aromatic carbocycles. The summed E-state index contributed by atoms with van der Waals surface area (Å²) >= 11 is 12.1. The number of hydrogen-bond acceptors (Lipinski definition) is 3. The predicted octanol–water partition coefficient (Wildman–Crippen LogP) is 5.16. The van der Waals surface area contributed by atoms with Crippen molar-refractivity contribution >= 4 is 34.8 Å². The van der Waals surface area contributed by atoms with Gasteiger partial charge in [0.25, 0.3) is 5.91 Å². The molecule has 1 aliphatic rings. The average Bonchev–Trinajstić information content (AvgIpc) is 2.92. The Kier molecular flexibility index (Phi) is 4.53. The largest absolute Gasteiger partial charge is 0.360 e. The van der Waals surface area contributed by atoms with Gasteiger partial charge in [-0.1, -0.05) is 53.5 Å². The normalized spacial score (nSPS) is 15.8. The molecule has 1 amide bonds. The summed E-state index contributed by atoms with van der Waals surface area (Å²) in [6, 6.07) is 18.8. The molecule has 6 heteroatoms. The average molecular weight is 384 g/mol. The number of carbonyl (C=O) groups excluding carboxylic acids is 1. The van der Waals surface area contributed by atoms with Crippen LogP contribution in [0.2, 0.25) is 10.0 Å². The van der Waals surface area contributed by atoms with Gasteiger partial charge in [-0.05, 0) is 35.9 Å². The van der Waals surface area contributed by atoms with Crippen molar-refractivity contribution in [2.75, 3.05) is 5.32 Å². The Bertz CT molecular complexity index is 962. The maximum absolute atomic E-state index is 12.9. The van der Waals surface area contributed by atoms with Crippen molar-refractivity contribution in [1.29, 1.82) is 0 Å². The molecule has 1 aromatic heterocycles. The summed E-state index contributed by atoms with van der Waals surface area (Å²) < 4.78 is 0. The first-order chi connectivity index (χ1) is 12.6. The fourth-order valence-electron chi connectivity index (χ4n) is 3.07. The fraction of sp³-hybridized carbons (Fsp3) is 0.100. The van der Waals surface area contributed by atoms with Crippen LogP contribution in [0.3, 0.4) is 0 Å². The standard InChI is InChI=1S/C20H15Cl2N3O/c21-16-9-8-14(11-17(16)22)24-19-18-15(7-4-10-23-18)20(26)25(19)12-13-5-2-1-3-6-13/h1-11,19,24H,12H2/t19-/m0/s1. The lowest BCUT2D eigenvalue weighted by Crippen LogP contribution is -2.32. The van der Waals surface area contributed by atoms with Gasteiger partial charge in [0.1, 0.15) is 6.17 Å². The molecule has 4 rings (SSSR count).